The van der Waals surface area contributed by atoms with E-state index in [0.29, 0.717) is 17.1 Å². The Bertz CT molecular complexity index is 1310. The fraction of sp³-hybridized carbons (Fsp3) is 0.231. The number of methoxy groups -OCH3 is 1. The van der Waals surface area contributed by atoms with Crippen molar-refractivity contribution in [2.45, 2.75) is 31.8 Å². The standard InChI is InChI=1S/C26H28N2O6S/c1-5-28(21-11-7-6-8-12-21)35(31,32)22-13-9-10-20(17-22)26(30)34-19(3)25(29)27-23-16-18(2)14-15-24(23)33-4/h6-17,19H,5H2,1-4H3,(H,27,29). The lowest BCUT2D eigenvalue weighted by Gasteiger charge is -2.23. The van der Waals surface area contributed by atoms with Gasteiger partial charge in [-0.3, -0.25) is 9.10 Å². The second-order valence-electron chi connectivity index (χ2n) is 7.77. The van der Waals surface area contributed by atoms with Gasteiger partial charge in [-0.05, 0) is 68.8 Å². The van der Waals surface area contributed by atoms with E-state index in [2.05, 4.69) is 5.32 Å². The van der Waals surface area contributed by atoms with Crippen LogP contribution in [-0.4, -0.2) is 40.1 Å². The highest BCUT2D eigenvalue weighted by molar-refractivity contribution is 7.92. The number of anilines is 2. The van der Waals surface area contributed by atoms with E-state index < -0.39 is 28.0 Å². The summed E-state index contributed by atoms with van der Waals surface area (Å²) in [5.74, 6) is -0.893. The van der Waals surface area contributed by atoms with Gasteiger partial charge in [0.2, 0.25) is 0 Å². The number of esters is 1. The number of sulfonamides is 1. The van der Waals surface area contributed by atoms with Crippen LogP contribution in [0.25, 0.3) is 0 Å². The van der Waals surface area contributed by atoms with E-state index in [-0.39, 0.29) is 17.0 Å². The van der Waals surface area contributed by atoms with Crippen molar-refractivity contribution in [1.82, 2.24) is 0 Å². The molecule has 0 aromatic heterocycles. The number of hydrogen-bond acceptors (Lipinski definition) is 6. The number of ether oxygens (including phenoxy) is 2. The van der Waals surface area contributed by atoms with Crippen LogP contribution in [0.3, 0.4) is 0 Å². The van der Waals surface area contributed by atoms with Gasteiger partial charge >= 0.3 is 5.97 Å². The summed E-state index contributed by atoms with van der Waals surface area (Å²) in [5.41, 5.74) is 1.90. The van der Waals surface area contributed by atoms with Crippen molar-refractivity contribution in [3.8, 4) is 5.75 Å². The third-order valence-electron chi connectivity index (χ3n) is 5.26. The van der Waals surface area contributed by atoms with E-state index in [1.54, 1.807) is 49.4 Å². The number of carbonyl (C=O) groups excluding carboxylic acids is 2. The molecule has 0 bridgehead atoms. The maximum absolute atomic E-state index is 13.3. The number of nitrogens with zero attached hydrogens (tertiary/aromatic N) is 1. The van der Waals surface area contributed by atoms with Crippen LogP contribution in [0, 0.1) is 6.92 Å². The first kappa shape index (κ1) is 25.8. The van der Waals surface area contributed by atoms with Crippen LogP contribution in [0.4, 0.5) is 11.4 Å². The number of rotatable bonds is 9. The molecule has 1 N–H and O–H groups in total. The lowest BCUT2D eigenvalue weighted by atomic mass is 10.2. The van der Waals surface area contributed by atoms with Gasteiger partial charge < -0.3 is 14.8 Å². The Hall–Kier alpha value is -3.85. The summed E-state index contributed by atoms with van der Waals surface area (Å²) in [7, 11) is -2.44. The molecule has 0 fully saturated rings. The molecule has 0 saturated heterocycles. The van der Waals surface area contributed by atoms with Crippen molar-refractivity contribution in [2.75, 3.05) is 23.3 Å². The fourth-order valence-electron chi connectivity index (χ4n) is 3.43. The van der Waals surface area contributed by atoms with E-state index in [0.717, 1.165) is 5.56 Å². The van der Waals surface area contributed by atoms with Crippen LogP contribution in [0.1, 0.15) is 29.8 Å². The maximum atomic E-state index is 13.3. The minimum absolute atomic E-state index is 0.0166. The van der Waals surface area contributed by atoms with Crippen LogP contribution in [-0.2, 0) is 19.6 Å². The molecule has 0 aliphatic rings. The zero-order valence-corrected chi connectivity index (χ0v) is 20.8. The molecule has 35 heavy (non-hydrogen) atoms. The quantitative estimate of drug-likeness (QED) is 0.441. The minimum atomic E-state index is -3.93. The first-order valence-electron chi connectivity index (χ1n) is 11.0. The maximum Gasteiger partial charge on any atom is 0.338 e. The summed E-state index contributed by atoms with van der Waals surface area (Å²) in [5, 5.41) is 2.69. The molecule has 9 heteroatoms. The van der Waals surface area contributed by atoms with Crippen molar-refractivity contribution in [1.29, 1.82) is 0 Å². The zero-order chi connectivity index (χ0) is 25.6. The van der Waals surface area contributed by atoms with Gasteiger partial charge in [-0.15, -0.1) is 0 Å². The van der Waals surface area contributed by atoms with Gasteiger partial charge in [-0.1, -0.05) is 30.3 Å². The topological polar surface area (TPSA) is 102 Å². The summed E-state index contributed by atoms with van der Waals surface area (Å²) in [4.78, 5) is 25.3. The third-order valence-corrected chi connectivity index (χ3v) is 7.15. The molecule has 0 aliphatic heterocycles. The van der Waals surface area contributed by atoms with Crippen molar-refractivity contribution in [2.24, 2.45) is 0 Å². The average Bonchev–Trinajstić information content (AvgIpc) is 2.85. The predicted molar refractivity (Wildman–Crippen MR) is 134 cm³/mol. The van der Waals surface area contributed by atoms with E-state index in [4.69, 9.17) is 9.47 Å². The first-order valence-corrected chi connectivity index (χ1v) is 12.5. The van der Waals surface area contributed by atoms with Crippen LogP contribution < -0.4 is 14.4 Å². The van der Waals surface area contributed by atoms with Crippen LogP contribution in [0.2, 0.25) is 0 Å². The fourth-order valence-corrected chi connectivity index (χ4v) is 4.95. The highest BCUT2D eigenvalue weighted by Gasteiger charge is 2.26. The molecule has 1 unspecified atom stereocenters. The van der Waals surface area contributed by atoms with Gasteiger partial charge in [0.25, 0.3) is 15.9 Å². The molecule has 1 amide bonds. The van der Waals surface area contributed by atoms with Crippen molar-refractivity contribution in [3.05, 3.63) is 83.9 Å². The molecular formula is C26H28N2O6S. The van der Waals surface area contributed by atoms with Gasteiger partial charge in [0.1, 0.15) is 5.75 Å². The summed E-state index contributed by atoms with van der Waals surface area (Å²) in [6.45, 7) is 5.24. The second-order valence-corrected chi connectivity index (χ2v) is 9.64. The lowest BCUT2D eigenvalue weighted by molar-refractivity contribution is -0.123. The molecular weight excluding hydrogens is 468 g/mol. The SMILES string of the molecule is CCN(c1ccccc1)S(=O)(=O)c1cccc(C(=O)OC(C)C(=O)Nc2cc(C)ccc2OC)c1. The molecule has 3 aromatic carbocycles. The highest BCUT2D eigenvalue weighted by Crippen LogP contribution is 2.26. The minimum Gasteiger partial charge on any atom is -0.495 e. The van der Waals surface area contributed by atoms with Crippen LogP contribution >= 0.6 is 0 Å². The van der Waals surface area contributed by atoms with E-state index in [1.165, 1.54) is 42.6 Å². The van der Waals surface area contributed by atoms with Crippen molar-refractivity contribution >= 4 is 33.3 Å². The van der Waals surface area contributed by atoms with Gasteiger partial charge in [0, 0.05) is 6.54 Å². The number of nitrogens with one attached hydrogen (secondary N) is 1. The second kappa shape index (κ2) is 11.1. The number of benzene rings is 3. The molecule has 0 aliphatic carbocycles. The summed E-state index contributed by atoms with van der Waals surface area (Å²) in [6, 6.07) is 19.6. The normalized spacial score (nSPS) is 11.9. The Morgan fingerprint density at radius 2 is 1.71 bits per heavy atom. The molecule has 0 radical (unpaired) electrons. The summed E-state index contributed by atoms with van der Waals surface area (Å²) < 4.78 is 38.3. The molecule has 3 aromatic rings. The Labute approximate surface area is 205 Å². The summed E-state index contributed by atoms with van der Waals surface area (Å²) >= 11 is 0. The Kier molecular flexibility index (Phi) is 8.14. The number of para-hydroxylation sites is 1. The molecule has 184 valence electrons. The zero-order valence-electron chi connectivity index (χ0n) is 20.0. The van der Waals surface area contributed by atoms with E-state index in [1.807, 2.05) is 13.0 Å². The monoisotopic (exact) mass is 496 g/mol. The van der Waals surface area contributed by atoms with Crippen molar-refractivity contribution in [3.63, 3.8) is 0 Å². The molecule has 0 saturated carbocycles. The van der Waals surface area contributed by atoms with Crippen LogP contribution in [0.15, 0.2) is 77.7 Å². The molecule has 0 spiro atoms. The van der Waals surface area contributed by atoms with Gasteiger partial charge in [0.05, 0.1) is 28.9 Å². The van der Waals surface area contributed by atoms with Crippen LogP contribution in [0.5, 0.6) is 5.75 Å². The largest absolute Gasteiger partial charge is 0.495 e. The lowest BCUT2D eigenvalue weighted by Crippen LogP contribution is -2.31. The molecule has 8 nitrogen and oxygen atoms in total. The van der Waals surface area contributed by atoms with E-state index >= 15 is 0 Å². The Balaban J connectivity index is 1.76. The predicted octanol–water partition coefficient (Wildman–Crippen LogP) is 4.40. The number of hydrogen-bond donors (Lipinski definition) is 1. The van der Waals surface area contributed by atoms with E-state index in [9.17, 15) is 18.0 Å². The van der Waals surface area contributed by atoms with Gasteiger partial charge in [-0.2, -0.15) is 0 Å². The van der Waals surface area contributed by atoms with Crippen molar-refractivity contribution < 1.29 is 27.5 Å². The number of amides is 1. The first-order chi connectivity index (χ1) is 16.7. The average molecular weight is 497 g/mol. The number of carbonyl (C=O) groups is 2. The van der Waals surface area contributed by atoms with Gasteiger partial charge in [0.15, 0.2) is 6.10 Å². The third kappa shape index (κ3) is 5.99. The highest BCUT2D eigenvalue weighted by atomic mass is 32.2. The van der Waals surface area contributed by atoms with Gasteiger partial charge in [-0.25, -0.2) is 13.2 Å². The Morgan fingerprint density at radius 1 is 1.00 bits per heavy atom. The summed E-state index contributed by atoms with van der Waals surface area (Å²) in [6.07, 6.45) is -1.13. The molecule has 3 rings (SSSR count). The molecule has 0 heterocycles. The smallest absolute Gasteiger partial charge is 0.338 e. The number of aryl methyl sites for hydroxylation is 1. The Morgan fingerprint density at radius 3 is 2.37 bits per heavy atom. The molecule has 1 atom stereocenters.